The van der Waals surface area contributed by atoms with Crippen LogP contribution in [0.1, 0.15) is 55.9 Å². The lowest BCUT2D eigenvalue weighted by molar-refractivity contribution is -0.0000381. The molecule has 0 aromatic heterocycles. The summed E-state index contributed by atoms with van der Waals surface area (Å²) in [4.78, 5) is 42.2. The smallest absolute Gasteiger partial charge is 0.261 e. The molecule has 0 unspecified atom stereocenters. The molecule has 0 atom stereocenters. The van der Waals surface area contributed by atoms with Crippen LogP contribution in [0.5, 0.6) is 0 Å². The summed E-state index contributed by atoms with van der Waals surface area (Å²) in [6.45, 7) is 3.47. The minimum absolute atomic E-state index is 0. The van der Waals surface area contributed by atoms with Crippen LogP contribution < -0.4 is 17.7 Å². The number of fused-ring (bicyclic) bond motifs is 1. The van der Waals surface area contributed by atoms with Gasteiger partial charge in [0.05, 0.1) is 11.1 Å². The lowest BCUT2D eigenvalue weighted by Gasteiger charge is -2.32. The number of hydrogen-bond donors (Lipinski definition) is 1. The highest BCUT2D eigenvalue weighted by Crippen LogP contribution is 2.28. The van der Waals surface area contributed by atoms with Crippen molar-refractivity contribution in [1.29, 1.82) is 0 Å². The predicted octanol–water partition coefficient (Wildman–Crippen LogP) is 1.84. The molecule has 186 valence electrons. The highest BCUT2D eigenvalue weighted by Gasteiger charge is 2.36. The number of carbonyl (C=O) groups excluding carboxylic acids is 3. The van der Waals surface area contributed by atoms with E-state index in [1.54, 1.807) is 42.5 Å². The Morgan fingerprint density at radius 2 is 1.47 bits per heavy atom. The largest absolute Gasteiger partial charge is 1.00 e. The van der Waals surface area contributed by atoms with Crippen LogP contribution in [0, 0.1) is 5.92 Å². The molecule has 0 aliphatic carbocycles. The third-order valence-electron chi connectivity index (χ3n) is 6.98. The van der Waals surface area contributed by atoms with Gasteiger partial charge >= 0.3 is 0 Å². The zero-order valence-corrected chi connectivity index (χ0v) is 20.8. The van der Waals surface area contributed by atoms with Crippen LogP contribution in [-0.4, -0.2) is 47.2 Å². The number of likely N-dealkylation sites (tertiary alicyclic amines) is 1. The molecule has 0 radical (unpaired) electrons. The van der Waals surface area contributed by atoms with Crippen LogP contribution in [0.4, 0.5) is 5.69 Å². The molecule has 2 heterocycles. The van der Waals surface area contributed by atoms with Crippen molar-refractivity contribution < 1.29 is 26.8 Å². The third-order valence-corrected chi connectivity index (χ3v) is 6.98. The summed E-state index contributed by atoms with van der Waals surface area (Å²) in [5.74, 6) is -0.264. The van der Waals surface area contributed by atoms with Gasteiger partial charge in [-0.2, -0.15) is 0 Å². The number of rotatable bonds is 7. The van der Waals surface area contributed by atoms with Crippen molar-refractivity contribution in [1.82, 2.24) is 9.80 Å². The lowest BCUT2D eigenvalue weighted by atomic mass is 9.93. The fourth-order valence-electron chi connectivity index (χ4n) is 4.95. The highest BCUT2D eigenvalue weighted by molar-refractivity contribution is 6.22. The number of carbonyl (C=O) groups is 3. The van der Waals surface area contributed by atoms with Gasteiger partial charge in [0.1, 0.15) is 0 Å². The Hall–Kier alpha value is -3.48. The van der Waals surface area contributed by atoms with Gasteiger partial charge in [-0.05, 0) is 74.2 Å². The number of amides is 3. The van der Waals surface area contributed by atoms with Crippen molar-refractivity contribution in [2.45, 2.75) is 25.8 Å². The van der Waals surface area contributed by atoms with Crippen LogP contribution in [0.15, 0.2) is 78.9 Å². The normalized spacial score (nSPS) is 15.9. The SMILES string of the molecule is O=C(Nc1ccc2c(c1)C(=O)N(CCC1CCN(Cc3ccccc3)CC1)C2=O)c1ccccc1.[Cl-]. The van der Waals surface area contributed by atoms with Crippen molar-refractivity contribution in [3.05, 3.63) is 101 Å². The summed E-state index contributed by atoms with van der Waals surface area (Å²) in [6.07, 6.45) is 2.97. The Morgan fingerprint density at radius 3 is 2.17 bits per heavy atom. The van der Waals surface area contributed by atoms with Crippen LogP contribution in [-0.2, 0) is 6.54 Å². The van der Waals surface area contributed by atoms with E-state index in [9.17, 15) is 14.4 Å². The molecule has 7 heteroatoms. The highest BCUT2D eigenvalue weighted by atomic mass is 35.5. The molecular formula is C29H29ClN3O3-. The number of hydrogen-bond acceptors (Lipinski definition) is 4. The second kappa shape index (κ2) is 11.5. The molecule has 1 saturated heterocycles. The van der Waals surface area contributed by atoms with Crippen molar-refractivity contribution >= 4 is 23.4 Å². The van der Waals surface area contributed by atoms with E-state index in [4.69, 9.17) is 0 Å². The number of piperidine rings is 1. The first-order valence-electron chi connectivity index (χ1n) is 12.2. The summed E-state index contributed by atoms with van der Waals surface area (Å²) in [5, 5.41) is 2.82. The first-order chi connectivity index (χ1) is 17.1. The average molecular weight is 503 g/mol. The number of imide groups is 1. The van der Waals surface area contributed by atoms with Crippen LogP contribution in [0.2, 0.25) is 0 Å². The van der Waals surface area contributed by atoms with E-state index in [2.05, 4.69) is 34.5 Å². The second-order valence-corrected chi connectivity index (χ2v) is 9.34. The van der Waals surface area contributed by atoms with Crippen molar-refractivity contribution in [2.24, 2.45) is 5.92 Å². The van der Waals surface area contributed by atoms with Crippen LogP contribution in [0.3, 0.4) is 0 Å². The molecule has 0 saturated carbocycles. The average Bonchev–Trinajstić information content (AvgIpc) is 3.13. The minimum atomic E-state index is -0.276. The van der Waals surface area contributed by atoms with E-state index >= 15 is 0 Å². The first kappa shape index (κ1) is 25.6. The van der Waals surface area contributed by atoms with E-state index in [1.165, 1.54) is 10.5 Å². The van der Waals surface area contributed by atoms with Crippen molar-refractivity contribution in [3.63, 3.8) is 0 Å². The van der Waals surface area contributed by atoms with E-state index in [1.807, 2.05) is 12.1 Å². The van der Waals surface area contributed by atoms with Gasteiger partial charge in [0.2, 0.25) is 0 Å². The summed E-state index contributed by atoms with van der Waals surface area (Å²) in [7, 11) is 0. The molecule has 2 aliphatic rings. The number of halogens is 1. The van der Waals surface area contributed by atoms with Crippen molar-refractivity contribution in [3.8, 4) is 0 Å². The maximum atomic E-state index is 13.0. The third kappa shape index (κ3) is 5.66. The van der Waals surface area contributed by atoms with Gasteiger partial charge in [0.25, 0.3) is 17.7 Å². The molecule has 3 aromatic rings. The Bertz CT molecular complexity index is 1230. The van der Waals surface area contributed by atoms with Gasteiger partial charge < -0.3 is 17.7 Å². The topological polar surface area (TPSA) is 69.7 Å². The molecule has 1 fully saturated rings. The van der Waals surface area contributed by atoms with E-state index in [-0.39, 0.29) is 30.1 Å². The molecule has 3 aromatic carbocycles. The zero-order valence-electron chi connectivity index (χ0n) is 20.0. The quantitative estimate of drug-likeness (QED) is 0.501. The number of benzene rings is 3. The van der Waals surface area contributed by atoms with Gasteiger partial charge in [0, 0.05) is 24.3 Å². The lowest BCUT2D eigenvalue weighted by Crippen LogP contribution is -3.00. The molecular weight excluding hydrogens is 474 g/mol. The van der Waals surface area contributed by atoms with Crippen molar-refractivity contribution in [2.75, 3.05) is 25.0 Å². The predicted molar refractivity (Wildman–Crippen MR) is 135 cm³/mol. The van der Waals surface area contributed by atoms with Gasteiger partial charge in [-0.3, -0.25) is 24.2 Å². The molecule has 0 spiro atoms. The Kier molecular flexibility index (Phi) is 8.18. The Morgan fingerprint density at radius 1 is 0.833 bits per heavy atom. The maximum Gasteiger partial charge on any atom is 0.261 e. The number of nitrogens with zero attached hydrogens (tertiary/aromatic N) is 2. The Labute approximate surface area is 217 Å². The number of anilines is 1. The Balaban J connectivity index is 0.00000304. The monoisotopic (exact) mass is 502 g/mol. The molecule has 3 amide bonds. The number of nitrogens with one attached hydrogen (secondary N) is 1. The fraction of sp³-hybridized carbons (Fsp3) is 0.276. The first-order valence-corrected chi connectivity index (χ1v) is 12.2. The van der Waals surface area contributed by atoms with Gasteiger partial charge in [-0.1, -0.05) is 48.5 Å². The molecule has 2 aliphatic heterocycles. The maximum absolute atomic E-state index is 13.0. The fourth-order valence-corrected chi connectivity index (χ4v) is 4.95. The second-order valence-electron chi connectivity index (χ2n) is 9.34. The standard InChI is InChI=1S/C29H29N3O3.ClH/c33-27(23-9-5-2-6-10-23)30-24-11-12-25-26(19-24)29(35)32(28(25)34)18-15-21-13-16-31(17-14-21)20-22-7-3-1-4-8-22;/h1-12,19,21H,13-18,20H2,(H,30,33);1H/p-1. The van der Waals surface area contributed by atoms with Gasteiger partial charge in [-0.25, -0.2) is 0 Å². The van der Waals surface area contributed by atoms with E-state index in [0.29, 0.717) is 34.8 Å². The van der Waals surface area contributed by atoms with Crippen LogP contribution >= 0.6 is 0 Å². The summed E-state index contributed by atoms with van der Waals surface area (Å²) in [5.41, 5.74) is 3.14. The minimum Gasteiger partial charge on any atom is -1.00 e. The van der Waals surface area contributed by atoms with Crippen LogP contribution in [0.25, 0.3) is 0 Å². The van der Waals surface area contributed by atoms with Gasteiger partial charge in [-0.15, -0.1) is 0 Å². The summed E-state index contributed by atoms with van der Waals surface area (Å²) >= 11 is 0. The van der Waals surface area contributed by atoms with E-state index in [0.717, 1.165) is 38.9 Å². The molecule has 1 N–H and O–H groups in total. The molecule has 36 heavy (non-hydrogen) atoms. The molecule has 0 bridgehead atoms. The molecule has 5 rings (SSSR count). The summed E-state index contributed by atoms with van der Waals surface area (Å²) in [6, 6.07) is 24.3. The summed E-state index contributed by atoms with van der Waals surface area (Å²) < 4.78 is 0. The van der Waals surface area contributed by atoms with E-state index < -0.39 is 0 Å². The zero-order chi connectivity index (χ0) is 24.2. The molecule has 6 nitrogen and oxygen atoms in total. The van der Waals surface area contributed by atoms with Gasteiger partial charge in [0.15, 0.2) is 0 Å².